The van der Waals surface area contributed by atoms with E-state index in [0.29, 0.717) is 11.4 Å². The van der Waals surface area contributed by atoms with Crippen molar-refractivity contribution in [3.63, 3.8) is 0 Å². The first-order valence-electron chi connectivity index (χ1n) is 5.87. The van der Waals surface area contributed by atoms with E-state index in [1.54, 1.807) is 19.4 Å². The maximum absolute atomic E-state index is 10.4. The van der Waals surface area contributed by atoms with Gasteiger partial charge in [-0.1, -0.05) is 18.2 Å². The third-order valence-electron chi connectivity index (χ3n) is 3.14. The number of benzene rings is 1. The van der Waals surface area contributed by atoms with Crippen LogP contribution in [0.1, 0.15) is 28.4 Å². The number of pyridine rings is 1. The van der Waals surface area contributed by atoms with Crippen molar-refractivity contribution in [2.75, 3.05) is 7.11 Å². The van der Waals surface area contributed by atoms with Crippen LogP contribution in [0.5, 0.6) is 5.88 Å². The highest BCUT2D eigenvalue weighted by Gasteiger charge is 2.16. The quantitative estimate of drug-likeness (QED) is 0.901. The molecule has 1 heterocycles. The average Bonchev–Trinajstić information content (AvgIpc) is 2.41. The van der Waals surface area contributed by atoms with Gasteiger partial charge in [-0.3, -0.25) is 0 Å². The first-order valence-corrected chi connectivity index (χ1v) is 5.87. The fourth-order valence-electron chi connectivity index (χ4n) is 1.90. The maximum atomic E-state index is 10.4. The topological polar surface area (TPSA) is 42.4 Å². The molecule has 0 amide bonds. The van der Waals surface area contributed by atoms with Crippen LogP contribution < -0.4 is 4.74 Å². The lowest BCUT2D eigenvalue weighted by Gasteiger charge is -2.15. The van der Waals surface area contributed by atoms with Gasteiger partial charge in [0.1, 0.15) is 6.10 Å². The zero-order chi connectivity index (χ0) is 13.1. The van der Waals surface area contributed by atoms with Gasteiger partial charge in [0.15, 0.2) is 0 Å². The molecule has 0 saturated heterocycles. The molecule has 1 atom stereocenters. The van der Waals surface area contributed by atoms with Crippen LogP contribution in [0.4, 0.5) is 0 Å². The number of methoxy groups -OCH3 is 1. The minimum atomic E-state index is -0.715. The second-order valence-corrected chi connectivity index (χ2v) is 4.35. The first-order chi connectivity index (χ1) is 8.63. The van der Waals surface area contributed by atoms with E-state index in [1.165, 1.54) is 5.56 Å². The molecular formula is C15H17NO2. The van der Waals surface area contributed by atoms with Crippen molar-refractivity contribution in [2.45, 2.75) is 20.0 Å². The molecule has 0 aliphatic carbocycles. The number of aliphatic hydroxyl groups excluding tert-OH is 1. The van der Waals surface area contributed by atoms with Gasteiger partial charge in [0.05, 0.1) is 7.11 Å². The van der Waals surface area contributed by atoms with E-state index in [0.717, 1.165) is 11.1 Å². The molecule has 1 unspecified atom stereocenters. The Balaban J connectivity index is 2.41. The van der Waals surface area contributed by atoms with Crippen LogP contribution in [0.2, 0.25) is 0 Å². The molecule has 3 heteroatoms. The Hall–Kier alpha value is -1.87. The minimum absolute atomic E-state index is 0.461. The second-order valence-electron chi connectivity index (χ2n) is 4.35. The number of rotatable bonds is 3. The Labute approximate surface area is 107 Å². The normalized spacial score (nSPS) is 12.2. The summed E-state index contributed by atoms with van der Waals surface area (Å²) in [5, 5.41) is 10.4. The van der Waals surface area contributed by atoms with Crippen molar-refractivity contribution in [3.8, 4) is 5.88 Å². The second kappa shape index (κ2) is 5.19. The molecule has 0 radical (unpaired) electrons. The lowest BCUT2D eigenvalue weighted by molar-refractivity contribution is 0.213. The monoisotopic (exact) mass is 243 g/mol. The van der Waals surface area contributed by atoms with E-state index >= 15 is 0 Å². The lowest BCUT2D eigenvalue weighted by atomic mass is 9.98. The van der Waals surface area contributed by atoms with Gasteiger partial charge in [-0.2, -0.15) is 0 Å². The SMILES string of the molecule is COc1ncccc1C(O)c1ccc(C)c(C)c1. The van der Waals surface area contributed by atoms with Crippen molar-refractivity contribution < 1.29 is 9.84 Å². The predicted molar refractivity (Wildman–Crippen MR) is 70.8 cm³/mol. The summed E-state index contributed by atoms with van der Waals surface area (Å²) in [5.74, 6) is 0.461. The van der Waals surface area contributed by atoms with Crippen molar-refractivity contribution in [1.29, 1.82) is 0 Å². The Morgan fingerprint density at radius 3 is 2.61 bits per heavy atom. The largest absolute Gasteiger partial charge is 0.481 e. The fraction of sp³-hybridized carbons (Fsp3) is 0.267. The molecule has 0 aliphatic rings. The summed E-state index contributed by atoms with van der Waals surface area (Å²) in [4.78, 5) is 4.10. The number of ether oxygens (including phenoxy) is 1. The predicted octanol–water partition coefficient (Wildman–Crippen LogP) is 2.79. The Morgan fingerprint density at radius 1 is 1.17 bits per heavy atom. The summed E-state index contributed by atoms with van der Waals surface area (Å²) in [6.07, 6.45) is 0.933. The lowest BCUT2D eigenvalue weighted by Crippen LogP contribution is -2.04. The van der Waals surface area contributed by atoms with E-state index < -0.39 is 6.10 Å². The summed E-state index contributed by atoms with van der Waals surface area (Å²) in [6, 6.07) is 9.55. The van der Waals surface area contributed by atoms with Gasteiger partial charge in [-0.25, -0.2) is 4.98 Å². The van der Waals surface area contributed by atoms with E-state index in [2.05, 4.69) is 11.9 Å². The summed E-state index contributed by atoms with van der Waals surface area (Å²) in [5.41, 5.74) is 3.91. The van der Waals surface area contributed by atoms with Crippen LogP contribution in [0, 0.1) is 13.8 Å². The standard InChI is InChI=1S/C15H17NO2/c1-10-6-7-12(9-11(10)2)14(17)13-5-4-8-16-15(13)18-3/h4-9,14,17H,1-3H3. The van der Waals surface area contributed by atoms with Crippen LogP contribution in [0.25, 0.3) is 0 Å². The van der Waals surface area contributed by atoms with Gasteiger partial charge in [0.25, 0.3) is 0 Å². The molecule has 0 aliphatic heterocycles. The van der Waals surface area contributed by atoms with Gasteiger partial charge < -0.3 is 9.84 Å². The summed E-state index contributed by atoms with van der Waals surface area (Å²) in [6.45, 7) is 4.09. The zero-order valence-electron chi connectivity index (χ0n) is 10.8. The number of nitrogens with zero attached hydrogens (tertiary/aromatic N) is 1. The van der Waals surface area contributed by atoms with Crippen LogP contribution in [-0.2, 0) is 0 Å². The van der Waals surface area contributed by atoms with E-state index in [4.69, 9.17) is 4.74 Å². The third kappa shape index (κ3) is 2.36. The number of aromatic nitrogens is 1. The Bertz CT molecular complexity index is 552. The molecular weight excluding hydrogens is 226 g/mol. The van der Waals surface area contributed by atoms with Gasteiger partial charge >= 0.3 is 0 Å². The van der Waals surface area contributed by atoms with E-state index in [1.807, 2.05) is 31.2 Å². The van der Waals surface area contributed by atoms with Crippen LogP contribution in [0.15, 0.2) is 36.5 Å². The highest BCUT2D eigenvalue weighted by atomic mass is 16.5. The van der Waals surface area contributed by atoms with Gasteiger partial charge in [0, 0.05) is 11.8 Å². The van der Waals surface area contributed by atoms with Gasteiger partial charge in [0.2, 0.25) is 5.88 Å². The number of aliphatic hydroxyl groups is 1. The zero-order valence-corrected chi connectivity index (χ0v) is 10.8. The Morgan fingerprint density at radius 2 is 1.94 bits per heavy atom. The highest BCUT2D eigenvalue weighted by Crippen LogP contribution is 2.28. The molecule has 94 valence electrons. The molecule has 1 aromatic heterocycles. The van der Waals surface area contributed by atoms with E-state index in [9.17, 15) is 5.11 Å². The minimum Gasteiger partial charge on any atom is -0.481 e. The molecule has 0 fully saturated rings. The number of hydrogen-bond acceptors (Lipinski definition) is 3. The van der Waals surface area contributed by atoms with Crippen molar-refractivity contribution in [3.05, 3.63) is 58.8 Å². The summed E-state index contributed by atoms with van der Waals surface area (Å²) >= 11 is 0. The molecule has 1 N–H and O–H groups in total. The molecule has 1 aromatic carbocycles. The van der Waals surface area contributed by atoms with Crippen molar-refractivity contribution in [2.24, 2.45) is 0 Å². The highest BCUT2D eigenvalue weighted by molar-refractivity contribution is 5.39. The molecule has 0 spiro atoms. The van der Waals surface area contributed by atoms with Crippen LogP contribution in [0.3, 0.4) is 0 Å². The molecule has 18 heavy (non-hydrogen) atoms. The fourth-order valence-corrected chi connectivity index (χ4v) is 1.90. The summed E-state index contributed by atoms with van der Waals surface area (Å²) in [7, 11) is 1.55. The van der Waals surface area contributed by atoms with Crippen molar-refractivity contribution in [1.82, 2.24) is 4.98 Å². The van der Waals surface area contributed by atoms with E-state index in [-0.39, 0.29) is 0 Å². The van der Waals surface area contributed by atoms with Crippen molar-refractivity contribution >= 4 is 0 Å². The number of aryl methyl sites for hydroxylation is 2. The molecule has 0 bridgehead atoms. The molecule has 0 saturated carbocycles. The molecule has 2 aromatic rings. The average molecular weight is 243 g/mol. The molecule has 2 rings (SSSR count). The number of hydrogen-bond donors (Lipinski definition) is 1. The van der Waals surface area contributed by atoms with Crippen LogP contribution in [-0.4, -0.2) is 17.2 Å². The first kappa shape index (κ1) is 12.6. The third-order valence-corrected chi connectivity index (χ3v) is 3.14. The molecule has 3 nitrogen and oxygen atoms in total. The van der Waals surface area contributed by atoms with Gasteiger partial charge in [-0.15, -0.1) is 0 Å². The van der Waals surface area contributed by atoms with Crippen LogP contribution >= 0.6 is 0 Å². The maximum Gasteiger partial charge on any atom is 0.219 e. The smallest absolute Gasteiger partial charge is 0.219 e. The van der Waals surface area contributed by atoms with Gasteiger partial charge in [-0.05, 0) is 42.7 Å². The summed E-state index contributed by atoms with van der Waals surface area (Å²) < 4.78 is 5.17. The Kier molecular flexibility index (Phi) is 3.63.